The third kappa shape index (κ3) is 4.94. The van der Waals surface area contributed by atoms with Crippen molar-refractivity contribution < 1.29 is 9.59 Å². The van der Waals surface area contributed by atoms with E-state index in [2.05, 4.69) is 6.58 Å². The van der Waals surface area contributed by atoms with Crippen LogP contribution in [0.15, 0.2) is 12.7 Å². The Hall–Kier alpha value is -0.920. The summed E-state index contributed by atoms with van der Waals surface area (Å²) in [6.07, 6.45) is 1.86. The van der Waals surface area contributed by atoms with Crippen molar-refractivity contribution in [1.29, 1.82) is 0 Å². The lowest BCUT2D eigenvalue weighted by molar-refractivity contribution is -0.125. The van der Waals surface area contributed by atoms with Gasteiger partial charge in [-0.05, 0) is 6.92 Å². The lowest BCUT2D eigenvalue weighted by atomic mass is 10.2. The Morgan fingerprint density at radius 1 is 1.56 bits per heavy atom. The van der Waals surface area contributed by atoms with Gasteiger partial charge in [-0.25, -0.2) is 0 Å². The summed E-state index contributed by atoms with van der Waals surface area (Å²) in [5, 5.41) is 0. The van der Waals surface area contributed by atoms with E-state index in [9.17, 15) is 9.59 Å². The van der Waals surface area contributed by atoms with Crippen LogP contribution in [0.25, 0.3) is 0 Å². The van der Waals surface area contributed by atoms with Crippen LogP contribution in [0, 0.1) is 0 Å². The second kappa shape index (κ2) is 4.01. The first-order valence-electron chi connectivity index (χ1n) is 2.79. The molecule has 0 bridgehead atoms. The smallest absolute Gasteiger partial charge is 0.143 e. The van der Waals surface area contributed by atoms with Crippen LogP contribution in [0.1, 0.15) is 19.8 Å². The van der Waals surface area contributed by atoms with E-state index in [0.29, 0.717) is 6.42 Å². The van der Waals surface area contributed by atoms with Crippen molar-refractivity contribution in [1.82, 2.24) is 0 Å². The number of allylic oxidation sites excluding steroid dienone is 1. The topological polar surface area (TPSA) is 34.1 Å². The number of ketones is 2. The fourth-order valence-corrected chi connectivity index (χ4v) is 0.511. The summed E-state index contributed by atoms with van der Waals surface area (Å²) >= 11 is 0. The maximum atomic E-state index is 10.6. The summed E-state index contributed by atoms with van der Waals surface area (Å²) in [4.78, 5) is 20.8. The molecule has 0 fully saturated rings. The average molecular weight is 126 g/mol. The van der Waals surface area contributed by atoms with Gasteiger partial charge < -0.3 is 0 Å². The van der Waals surface area contributed by atoms with Crippen LogP contribution >= 0.6 is 0 Å². The summed E-state index contributed by atoms with van der Waals surface area (Å²) in [6.45, 7) is 4.78. The van der Waals surface area contributed by atoms with Crippen LogP contribution in [0.5, 0.6) is 0 Å². The fraction of sp³-hybridized carbons (Fsp3) is 0.429. The molecule has 0 aromatic carbocycles. The summed E-state index contributed by atoms with van der Waals surface area (Å²) < 4.78 is 0. The van der Waals surface area contributed by atoms with Crippen molar-refractivity contribution >= 4 is 11.6 Å². The van der Waals surface area contributed by atoms with Gasteiger partial charge in [-0.15, -0.1) is 6.58 Å². The summed E-state index contributed by atoms with van der Waals surface area (Å²) in [6, 6.07) is 0. The molecule has 0 saturated carbocycles. The van der Waals surface area contributed by atoms with Crippen LogP contribution < -0.4 is 0 Å². The minimum Gasteiger partial charge on any atom is -0.300 e. The van der Waals surface area contributed by atoms with Crippen molar-refractivity contribution in [2.24, 2.45) is 0 Å². The first-order chi connectivity index (χ1) is 4.16. The Labute approximate surface area is 54.6 Å². The lowest BCUT2D eigenvalue weighted by Crippen LogP contribution is -2.01. The monoisotopic (exact) mass is 126 g/mol. The fourth-order valence-electron chi connectivity index (χ4n) is 0.511. The Kier molecular flexibility index (Phi) is 3.60. The Morgan fingerprint density at radius 3 is 2.44 bits per heavy atom. The molecule has 0 aliphatic rings. The van der Waals surface area contributed by atoms with Gasteiger partial charge in [-0.2, -0.15) is 0 Å². The zero-order valence-corrected chi connectivity index (χ0v) is 5.52. The number of Topliss-reactive ketones (excluding diaryl/α,β-unsaturated/α-hetero) is 2. The van der Waals surface area contributed by atoms with Crippen LogP contribution in [0.2, 0.25) is 0 Å². The van der Waals surface area contributed by atoms with E-state index in [1.807, 2.05) is 0 Å². The van der Waals surface area contributed by atoms with E-state index in [4.69, 9.17) is 0 Å². The highest BCUT2D eigenvalue weighted by atomic mass is 16.1. The predicted octanol–water partition coefficient (Wildman–Crippen LogP) is 1.11. The molecule has 0 atom stereocenters. The maximum Gasteiger partial charge on any atom is 0.143 e. The molecule has 0 rings (SSSR count). The van der Waals surface area contributed by atoms with E-state index in [1.165, 1.54) is 13.0 Å². The highest BCUT2D eigenvalue weighted by Gasteiger charge is 2.00. The van der Waals surface area contributed by atoms with Crippen molar-refractivity contribution in [3.8, 4) is 0 Å². The second-order valence-corrected chi connectivity index (χ2v) is 1.91. The van der Waals surface area contributed by atoms with E-state index in [0.717, 1.165) is 0 Å². The summed E-state index contributed by atoms with van der Waals surface area (Å²) in [5.41, 5.74) is 0. The van der Waals surface area contributed by atoms with Gasteiger partial charge >= 0.3 is 0 Å². The molecule has 0 heterocycles. The van der Waals surface area contributed by atoms with E-state index >= 15 is 0 Å². The molecule has 0 aromatic rings. The minimum absolute atomic E-state index is 0.0476. The predicted molar refractivity (Wildman–Crippen MR) is 35.1 cm³/mol. The van der Waals surface area contributed by atoms with Crippen LogP contribution in [-0.4, -0.2) is 11.6 Å². The number of hydrogen-bond acceptors (Lipinski definition) is 2. The molecule has 0 aromatic heterocycles. The van der Waals surface area contributed by atoms with Crippen molar-refractivity contribution in [3.63, 3.8) is 0 Å². The first kappa shape index (κ1) is 8.08. The molecule has 0 aliphatic heterocycles. The molecule has 9 heavy (non-hydrogen) atoms. The number of carbonyl (C=O) groups excluding carboxylic acids is 2. The van der Waals surface area contributed by atoms with Gasteiger partial charge in [0.15, 0.2) is 0 Å². The molecule has 0 aliphatic carbocycles. The summed E-state index contributed by atoms with van der Waals surface area (Å²) in [7, 11) is 0. The average Bonchev–Trinajstić information content (AvgIpc) is 1.63. The summed E-state index contributed by atoms with van der Waals surface area (Å²) in [5.74, 6) is -0.139. The molecule has 0 amide bonds. The van der Waals surface area contributed by atoms with Gasteiger partial charge in [-0.1, -0.05) is 6.08 Å². The van der Waals surface area contributed by atoms with Crippen molar-refractivity contribution in [2.45, 2.75) is 19.8 Å². The van der Waals surface area contributed by atoms with Gasteiger partial charge in [0.25, 0.3) is 0 Å². The molecule has 0 unspecified atom stereocenters. The highest BCUT2D eigenvalue weighted by Crippen LogP contribution is 1.90. The van der Waals surface area contributed by atoms with Gasteiger partial charge in [0, 0.05) is 6.42 Å². The molecular weight excluding hydrogens is 116 g/mol. The molecule has 0 N–H and O–H groups in total. The molecule has 2 nitrogen and oxygen atoms in total. The van der Waals surface area contributed by atoms with E-state index in [1.54, 1.807) is 0 Å². The third-order valence-electron chi connectivity index (χ3n) is 0.818. The number of rotatable bonds is 4. The third-order valence-corrected chi connectivity index (χ3v) is 0.818. The minimum atomic E-state index is -0.0816. The van der Waals surface area contributed by atoms with Crippen LogP contribution in [-0.2, 0) is 9.59 Å². The SMILES string of the molecule is C=CCC(=O)CC(C)=O. The highest BCUT2D eigenvalue weighted by molar-refractivity contribution is 5.98. The molecule has 0 spiro atoms. The molecule has 50 valence electrons. The van der Waals surface area contributed by atoms with Crippen molar-refractivity contribution in [2.75, 3.05) is 0 Å². The number of hydrogen-bond donors (Lipinski definition) is 0. The van der Waals surface area contributed by atoms with Crippen LogP contribution in [0.3, 0.4) is 0 Å². The Balaban J connectivity index is 3.50. The Morgan fingerprint density at radius 2 is 2.11 bits per heavy atom. The van der Waals surface area contributed by atoms with Crippen molar-refractivity contribution in [3.05, 3.63) is 12.7 Å². The Bertz CT molecular complexity index is 136. The number of carbonyl (C=O) groups is 2. The lowest BCUT2D eigenvalue weighted by Gasteiger charge is -1.88. The normalized spacial score (nSPS) is 8.56. The van der Waals surface area contributed by atoms with Crippen LogP contribution in [0.4, 0.5) is 0 Å². The first-order valence-corrected chi connectivity index (χ1v) is 2.79. The zero-order valence-electron chi connectivity index (χ0n) is 5.52. The maximum absolute atomic E-state index is 10.6. The van der Waals surface area contributed by atoms with E-state index in [-0.39, 0.29) is 18.0 Å². The second-order valence-electron chi connectivity index (χ2n) is 1.91. The van der Waals surface area contributed by atoms with Gasteiger partial charge in [0.05, 0.1) is 6.42 Å². The molecule has 0 radical (unpaired) electrons. The quantitative estimate of drug-likeness (QED) is 0.417. The molecule has 0 saturated heterocycles. The molecule has 2 heteroatoms. The zero-order chi connectivity index (χ0) is 7.28. The van der Waals surface area contributed by atoms with Gasteiger partial charge in [0.2, 0.25) is 0 Å². The van der Waals surface area contributed by atoms with Gasteiger partial charge in [-0.3, -0.25) is 9.59 Å². The largest absolute Gasteiger partial charge is 0.300 e. The van der Waals surface area contributed by atoms with Gasteiger partial charge in [0.1, 0.15) is 11.6 Å². The van der Waals surface area contributed by atoms with E-state index < -0.39 is 0 Å². The standard InChI is InChI=1S/C7H10O2/c1-3-4-7(9)5-6(2)8/h3H,1,4-5H2,2H3. The molecular formula is C7H10O2.